The number of halogens is 1. The fourth-order valence-corrected chi connectivity index (χ4v) is 3.25. The number of aromatic nitrogens is 2. The van der Waals surface area contributed by atoms with Crippen LogP contribution >= 0.6 is 23.4 Å². The van der Waals surface area contributed by atoms with E-state index in [4.69, 9.17) is 11.6 Å². The molecule has 0 fully saturated rings. The van der Waals surface area contributed by atoms with Crippen LogP contribution in [0.3, 0.4) is 0 Å². The van der Waals surface area contributed by atoms with Crippen LogP contribution in [0.1, 0.15) is 16.7 Å². The summed E-state index contributed by atoms with van der Waals surface area (Å²) >= 11 is 7.70. The molecule has 0 aliphatic carbocycles. The molecule has 3 rings (SSSR count). The predicted octanol–water partition coefficient (Wildman–Crippen LogP) is 5.13. The molecule has 0 saturated carbocycles. The summed E-state index contributed by atoms with van der Waals surface area (Å²) in [5.74, 6) is 0.918. The molecule has 0 radical (unpaired) electrons. The van der Waals surface area contributed by atoms with Crippen LogP contribution in [-0.4, -0.2) is 9.97 Å². The van der Waals surface area contributed by atoms with Gasteiger partial charge >= 0.3 is 0 Å². The number of hydrogen-bond donors (Lipinski definition) is 1. The van der Waals surface area contributed by atoms with Gasteiger partial charge in [-0.2, -0.15) is 0 Å². The van der Waals surface area contributed by atoms with Gasteiger partial charge in [-0.1, -0.05) is 47.1 Å². The number of nitrogens with zero attached hydrogens (tertiary/aromatic N) is 1. The monoisotopic (exact) mass is 302 g/mol. The number of rotatable bonds is 3. The highest BCUT2D eigenvalue weighted by molar-refractivity contribution is 7.98. The minimum Gasteiger partial charge on any atom is -0.333 e. The summed E-state index contributed by atoms with van der Waals surface area (Å²) in [6, 6.07) is 12.3. The molecule has 4 heteroatoms. The number of benzene rings is 2. The van der Waals surface area contributed by atoms with E-state index >= 15 is 0 Å². The molecule has 0 atom stereocenters. The van der Waals surface area contributed by atoms with Crippen molar-refractivity contribution >= 4 is 34.4 Å². The lowest BCUT2D eigenvalue weighted by molar-refractivity contribution is 1.08. The van der Waals surface area contributed by atoms with Crippen LogP contribution in [0.5, 0.6) is 0 Å². The van der Waals surface area contributed by atoms with E-state index in [2.05, 4.69) is 42.0 Å². The molecule has 2 nitrogen and oxygen atoms in total. The van der Waals surface area contributed by atoms with E-state index in [1.165, 1.54) is 16.7 Å². The number of aryl methyl sites for hydroxylation is 2. The average Bonchev–Trinajstić information content (AvgIpc) is 2.81. The van der Waals surface area contributed by atoms with Crippen LogP contribution in [-0.2, 0) is 5.75 Å². The van der Waals surface area contributed by atoms with Crippen molar-refractivity contribution in [3.63, 3.8) is 0 Å². The maximum absolute atomic E-state index is 5.98. The maximum Gasteiger partial charge on any atom is 0.166 e. The lowest BCUT2D eigenvalue weighted by atomic mass is 10.1. The Morgan fingerprint density at radius 2 is 2.00 bits per heavy atom. The van der Waals surface area contributed by atoms with Gasteiger partial charge in [0.15, 0.2) is 5.16 Å². The Kier molecular flexibility index (Phi) is 3.72. The van der Waals surface area contributed by atoms with Gasteiger partial charge in [-0.15, -0.1) is 0 Å². The maximum atomic E-state index is 5.98. The first-order valence-electron chi connectivity index (χ1n) is 6.46. The molecule has 0 aliphatic heterocycles. The van der Waals surface area contributed by atoms with Crippen molar-refractivity contribution < 1.29 is 0 Å². The molecule has 20 heavy (non-hydrogen) atoms. The Hall–Kier alpha value is -1.45. The lowest BCUT2D eigenvalue weighted by Crippen LogP contribution is -1.88. The van der Waals surface area contributed by atoms with Crippen molar-refractivity contribution in [2.75, 3.05) is 0 Å². The van der Waals surface area contributed by atoms with Crippen LogP contribution in [0.2, 0.25) is 5.02 Å². The van der Waals surface area contributed by atoms with Gasteiger partial charge in [0.25, 0.3) is 0 Å². The van der Waals surface area contributed by atoms with E-state index in [0.29, 0.717) is 0 Å². The van der Waals surface area contributed by atoms with Crippen LogP contribution in [0.25, 0.3) is 11.0 Å². The van der Waals surface area contributed by atoms with Crippen molar-refractivity contribution in [2.45, 2.75) is 24.8 Å². The Balaban J connectivity index is 1.81. The number of fused-ring (bicyclic) bond motifs is 1. The molecule has 1 heterocycles. The highest BCUT2D eigenvalue weighted by atomic mass is 35.5. The lowest BCUT2D eigenvalue weighted by Gasteiger charge is -2.05. The van der Waals surface area contributed by atoms with E-state index in [-0.39, 0.29) is 0 Å². The zero-order valence-corrected chi connectivity index (χ0v) is 13.0. The largest absolute Gasteiger partial charge is 0.333 e. The summed E-state index contributed by atoms with van der Waals surface area (Å²) in [4.78, 5) is 7.88. The van der Waals surface area contributed by atoms with Gasteiger partial charge in [0, 0.05) is 10.8 Å². The number of nitrogens with one attached hydrogen (secondary N) is 1. The third-order valence-electron chi connectivity index (χ3n) is 3.29. The third kappa shape index (κ3) is 2.84. The van der Waals surface area contributed by atoms with Gasteiger partial charge in [-0.25, -0.2) is 4.98 Å². The van der Waals surface area contributed by atoms with E-state index in [0.717, 1.165) is 27.0 Å². The molecule has 2 aromatic carbocycles. The highest BCUT2D eigenvalue weighted by Gasteiger charge is 2.06. The normalized spacial score (nSPS) is 11.2. The SMILES string of the molecule is Cc1ccc(C)c(CSc2nc3ccc(Cl)cc3[nH]2)c1. The van der Waals surface area contributed by atoms with Crippen molar-refractivity contribution in [3.05, 3.63) is 58.1 Å². The van der Waals surface area contributed by atoms with Crippen molar-refractivity contribution in [3.8, 4) is 0 Å². The average molecular weight is 303 g/mol. The van der Waals surface area contributed by atoms with Crippen molar-refractivity contribution in [2.24, 2.45) is 0 Å². The third-order valence-corrected chi connectivity index (χ3v) is 4.45. The smallest absolute Gasteiger partial charge is 0.166 e. The molecule has 0 amide bonds. The predicted molar refractivity (Wildman–Crippen MR) is 86.6 cm³/mol. The highest BCUT2D eigenvalue weighted by Crippen LogP contribution is 2.26. The first-order valence-corrected chi connectivity index (χ1v) is 7.82. The summed E-state index contributed by atoms with van der Waals surface area (Å²) in [5, 5.41) is 1.66. The molecule has 0 aliphatic rings. The molecule has 1 aromatic heterocycles. The van der Waals surface area contributed by atoms with E-state index < -0.39 is 0 Å². The Labute approximate surface area is 127 Å². The summed E-state index contributed by atoms with van der Waals surface area (Å²) in [6.07, 6.45) is 0. The van der Waals surface area contributed by atoms with Gasteiger partial charge in [0.1, 0.15) is 0 Å². The van der Waals surface area contributed by atoms with Gasteiger partial charge in [-0.3, -0.25) is 0 Å². The zero-order chi connectivity index (χ0) is 14.1. The number of H-pyrrole nitrogens is 1. The zero-order valence-electron chi connectivity index (χ0n) is 11.4. The van der Waals surface area contributed by atoms with Crippen LogP contribution in [0.15, 0.2) is 41.6 Å². The van der Waals surface area contributed by atoms with Gasteiger partial charge < -0.3 is 4.98 Å². The van der Waals surface area contributed by atoms with Gasteiger partial charge in [0.05, 0.1) is 11.0 Å². The molecule has 0 spiro atoms. The van der Waals surface area contributed by atoms with Crippen molar-refractivity contribution in [1.29, 1.82) is 0 Å². The Morgan fingerprint density at radius 3 is 2.85 bits per heavy atom. The van der Waals surface area contributed by atoms with E-state index in [9.17, 15) is 0 Å². The fraction of sp³-hybridized carbons (Fsp3) is 0.188. The van der Waals surface area contributed by atoms with E-state index in [1.807, 2.05) is 18.2 Å². The Morgan fingerprint density at radius 1 is 1.15 bits per heavy atom. The van der Waals surface area contributed by atoms with Gasteiger partial charge in [-0.05, 0) is 43.2 Å². The quantitative estimate of drug-likeness (QED) is 0.680. The van der Waals surface area contributed by atoms with Crippen molar-refractivity contribution in [1.82, 2.24) is 9.97 Å². The van der Waals surface area contributed by atoms with Crippen LogP contribution in [0.4, 0.5) is 0 Å². The number of hydrogen-bond acceptors (Lipinski definition) is 2. The molecule has 1 N–H and O–H groups in total. The Bertz CT molecular complexity index is 764. The summed E-state index contributed by atoms with van der Waals surface area (Å²) in [7, 11) is 0. The van der Waals surface area contributed by atoms with Crippen LogP contribution in [0, 0.1) is 13.8 Å². The van der Waals surface area contributed by atoms with Gasteiger partial charge in [0.2, 0.25) is 0 Å². The summed E-state index contributed by atoms with van der Waals surface area (Å²) in [5.41, 5.74) is 5.91. The minimum atomic E-state index is 0.729. The molecular formula is C16H15ClN2S. The van der Waals surface area contributed by atoms with Crippen LogP contribution < -0.4 is 0 Å². The fourth-order valence-electron chi connectivity index (χ4n) is 2.13. The minimum absolute atomic E-state index is 0.729. The number of aromatic amines is 1. The first kappa shape index (κ1) is 13.5. The first-order chi connectivity index (χ1) is 9.61. The summed E-state index contributed by atoms with van der Waals surface area (Å²) < 4.78 is 0. The second-order valence-corrected chi connectivity index (χ2v) is 6.32. The van der Waals surface area contributed by atoms with E-state index in [1.54, 1.807) is 11.8 Å². The molecular weight excluding hydrogens is 288 g/mol. The number of thioether (sulfide) groups is 1. The molecule has 3 aromatic rings. The molecule has 0 bridgehead atoms. The molecule has 0 saturated heterocycles. The molecule has 102 valence electrons. The number of imidazole rings is 1. The second kappa shape index (κ2) is 5.51. The topological polar surface area (TPSA) is 28.7 Å². The summed E-state index contributed by atoms with van der Waals surface area (Å²) in [6.45, 7) is 4.27. The second-order valence-electron chi connectivity index (χ2n) is 4.92. The standard InChI is InChI=1S/C16H15ClN2S/c1-10-3-4-11(2)12(7-10)9-20-16-18-14-6-5-13(17)8-15(14)19-16/h3-8H,9H2,1-2H3,(H,18,19). The molecule has 0 unspecified atom stereocenters.